The van der Waals surface area contributed by atoms with Crippen LogP contribution in [-0.2, 0) is 6.54 Å². The lowest BCUT2D eigenvalue weighted by atomic mass is 10.3. The van der Waals surface area contributed by atoms with E-state index in [2.05, 4.69) is 64.1 Å². The van der Waals surface area contributed by atoms with Gasteiger partial charge < -0.3 is 15.2 Å². The third-order valence-electron chi connectivity index (χ3n) is 3.60. The van der Waals surface area contributed by atoms with Gasteiger partial charge in [0.05, 0.1) is 11.0 Å². The zero-order valence-electron chi connectivity index (χ0n) is 14.3. The van der Waals surface area contributed by atoms with Crippen LogP contribution in [0.1, 0.15) is 32.5 Å². The van der Waals surface area contributed by atoms with E-state index < -0.39 is 0 Å². The Balaban J connectivity index is 0.00000264. The molecule has 0 unspecified atom stereocenters. The number of hydrogen-bond donors (Lipinski definition) is 2. The number of aromatic nitrogens is 2. The number of halogens is 1. The van der Waals surface area contributed by atoms with Crippen LogP contribution in [0.25, 0.3) is 11.0 Å². The first-order valence-electron chi connectivity index (χ1n) is 8.20. The van der Waals surface area contributed by atoms with Crippen LogP contribution in [0.5, 0.6) is 0 Å². The summed E-state index contributed by atoms with van der Waals surface area (Å²) in [6, 6.07) is 8.27. The van der Waals surface area contributed by atoms with Crippen molar-refractivity contribution in [3.8, 4) is 0 Å². The monoisotopic (exact) mass is 429 g/mol. The van der Waals surface area contributed by atoms with E-state index in [1.165, 1.54) is 11.9 Å². The maximum atomic E-state index is 4.60. The molecule has 0 spiro atoms. The second-order valence-corrected chi connectivity index (χ2v) is 5.34. The molecule has 1 heterocycles. The van der Waals surface area contributed by atoms with E-state index in [-0.39, 0.29) is 24.0 Å². The van der Waals surface area contributed by atoms with Gasteiger partial charge in [0, 0.05) is 26.2 Å². The molecule has 6 heteroatoms. The zero-order chi connectivity index (χ0) is 15.8. The summed E-state index contributed by atoms with van der Waals surface area (Å²) in [4.78, 5) is 9.17. The quantitative estimate of drug-likeness (QED) is 0.307. The summed E-state index contributed by atoms with van der Waals surface area (Å²) in [6.07, 6.45) is 2.30. The number of aliphatic imine (C=N–C) groups is 1. The predicted molar refractivity (Wildman–Crippen MR) is 109 cm³/mol. The summed E-state index contributed by atoms with van der Waals surface area (Å²) in [5.74, 6) is 1.95. The largest absolute Gasteiger partial charge is 0.357 e. The summed E-state index contributed by atoms with van der Waals surface area (Å²) < 4.78 is 2.25. The molecule has 5 nitrogen and oxygen atoms in total. The first kappa shape index (κ1) is 19.7. The van der Waals surface area contributed by atoms with E-state index in [0.717, 1.165) is 49.9 Å². The standard InChI is InChI=1S/C17H27N5.HI/c1-4-6-11-19-17(18-5-2)20-12-13-22-14(3)21-15-9-7-8-10-16(15)22;/h7-10H,4-6,11-13H2,1-3H3,(H2,18,19,20);1H. The molecule has 128 valence electrons. The lowest BCUT2D eigenvalue weighted by molar-refractivity contribution is 0.659. The van der Waals surface area contributed by atoms with Gasteiger partial charge in [-0.3, -0.25) is 4.99 Å². The Hall–Kier alpha value is -1.31. The number of nitrogens with one attached hydrogen (secondary N) is 2. The molecule has 0 atom stereocenters. The molecule has 0 bridgehead atoms. The molecule has 2 aromatic rings. The lowest BCUT2D eigenvalue weighted by Gasteiger charge is -2.12. The van der Waals surface area contributed by atoms with Gasteiger partial charge in [0.1, 0.15) is 5.82 Å². The number of fused-ring (bicyclic) bond motifs is 1. The maximum absolute atomic E-state index is 4.60. The van der Waals surface area contributed by atoms with E-state index in [9.17, 15) is 0 Å². The third kappa shape index (κ3) is 5.67. The Labute approximate surface area is 156 Å². The minimum atomic E-state index is 0. The zero-order valence-corrected chi connectivity index (χ0v) is 16.6. The molecule has 1 aromatic heterocycles. The normalized spacial score (nSPS) is 11.3. The van der Waals surface area contributed by atoms with E-state index in [0.29, 0.717) is 0 Å². The van der Waals surface area contributed by atoms with E-state index in [1.807, 2.05) is 6.07 Å². The fraction of sp³-hybridized carbons (Fsp3) is 0.529. The number of para-hydroxylation sites is 2. The van der Waals surface area contributed by atoms with Crippen molar-refractivity contribution in [2.24, 2.45) is 4.99 Å². The molecule has 0 aliphatic carbocycles. The Morgan fingerprint density at radius 1 is 1.22 bits per heavy atom. The SMILES string of the molecule is CCCCN=C(NCC)NCCn1c(C)nc2ccccc21.I. The molecular weight excluding hydrogens is 401 g/mol. The maximum Gasteiger partial charge on any atom is 0.191 e. The number of nitrogens with zero attached hydrogens (tertiary/aromatic N) is 3. The molecule has 23 heavy (non-hydrogen) atoms. The van der Waals surface area contributed by atoms with Gasteiger partial charge in [-0.1, -0.05) is 25.5 Å². The van der Waals surface area contributed by atoms with Gasteiger partial charge in [-0.15, -0.1) is 24.0 Å². The summed E-state index contributed by atoms with van der Waals surface area (Å²) in [5, 5.41) is 6.69. The van der Waals surface area contributed by atoms with Gasteiger partial charge in [-0.05, 0) is 32.4 Å². The summed E-state index contributed by atoms with van der Waals surface area (Å²) in [6.45, 7) is 9.79. The highest BCUT2D eigenvalue weighted by molar-refractivity contribution is 14.0. The Morgan fingerprint density at radius 3 is 2.74 bits per heavy atom. The third-order valence-corrected chi connectivity index (χ3v) is 3.60. The summed E-state index contributed by atoms with van der Waals surface area (Å²) >= 11 is 0. The first-order valence-corrected chi connectivity index (χ1v) is 8.20. The van der Waals surface area contributed by atoms with Crippen molar-refractivity contribution in [1.29, 1.82) is 0 Å². The van der Waals surface area contributed by atoms with Crippen LogP contribution in [0.3, 0.4) is 0 Å². The van der Waals surface area contributed by atoms with Crippen molar-refractivity contribution >= 4 is 41.0 Å². The van der Waals surface area contributed by atoms with Crippen LogP contribution in [-0.4, -0.2) is 35.1 Å². The Kier molecular flexibility index (Phi) is 8.98. The number of guanidine groups is 1. The smallest absolute Gasteiger partial charge is 0.191 e. The van der Waals surface area contributed by atoms with Crippen molar-refractivity contribution < 1.29 is 0 Å². The van der Waals surface area contributed by atoms with Crippen LogP contribution >= 0.6 is 24.0 Å². The molecule has 0 radical (unpaired) electrons. The number of rotatable bonds is 7. The number of benzene rings is 1. The van der Waals surface area contributed by atoms with Crippen LogP contribution in [0.15, 0.2) is 29.3 Å². The fourth-order valence-corrected chi connectivity index (χ4v) is 2.46. The topological polar surface area (TPSA) is 54.2 Å². The van der Waals surface area contributed by atoms with Crippen molar-refractivity contribution in [3.05, 3.63) is 30.1 Å². The number of hydrogen-bond acceptors (Lipinski definition) is 2. The molecule has 0 aliphatic rings. The van der Waals surface area contributed by atoms with Crippen molar-refractivity contribution in [1.82, 2.24) is 20.2 Å². The van der Waals surface area contributed by atoms with Gasteiger partial charge in [-0.2, -0.15) is 0 Å². The second-order valence-electron chi connectivity index (χ2n) is 5.34. The van der Waals surface area contributed by atoms with Crippen LogP contribution in [0, 0.1) is 6.92 Å². The van der Waals surface area contributed by atoms with Gasteiger partial charge in [0.15, 0.2) is 5.96 Å². The molecule has 0 fully saturated rings. The molecule has 0 aliphatic heterocycles. The highest BCUT2D eigenvalue weighted by atomic mass is 127. The van der Waals surface area contributed by atoms with Gasteiger partial charge in [0.2, 0.25) is 0 Å². The Morgan fingerprint density at radius 2 is 2.00 bits per heavy atom. The molecular formula is C17H28IN5. The Bertz CT molecular complexity index is 620. The average molecular weight is 429 g/mol. The molecule has 2 N–H and O–H groups in total. The number of aryl methyl sites for hydroxylation is 1. The van der Waals surface area contributed by atoms with E-state index >= 15 is 0 Å². The van der Waals surface area contributed by atoms with E-state index in [1.54, 1.807) is 0 Å². The predicted octanol–water partition coefficient (Wildman–Crippen LogP) is 3.32. The van der Waals surface area contributed by atoms with Gasteiger partial charge in [-0.25, -0.2) is 4.98 Å². The van der Waals surface area contributed by atoms with E-state index in [4.69, 9.17) is 0 Å². The molecule has 0 saturated heterocycles. The summed E-state index contributed by atoms with van der Waals surface area (Å²) in [7, 11) is 0. The minimum Gasteiger partial charge on any atom is -0.357 e. The second kappa shape index (κ2) is 10.5. The highest BCUT2D eigenvalue weighted by Crippen LogP contribution is 2.14. The summed E-state index contributed by atoms with van der Waals surface area (Å²) in [5.41, 5.74) is 2.25. The van der Waals surface area contributed by atoms with Crippen molar-refractivity contribution in [2.45, 2.75) is 40.2 Å². The number of imidazole rings is 1. The van der Waals surface area contributed by atoms with Crippen LogP contribution in [0.2, 0.25) is 0 Å². The first-order chi connectivity index (χ1) is 10.8. The van der Waals surface area contributed by atoms with Gasteiger partial charge in [0.25, 0.3) is 0 Å². The highest BCUT2D eigenvalue weighted by Gasteiger charge is 2.06. The molecule has 0 saturated carbocycles. The van der Waals surface area contributed by atoms with Crippen molar-refractivity contribution in [3.63, 3.8) is 0 Å². The lowest BCUT2D eigenvalue weighted by Crippen LogP contribution is -2.39. The number of unbranched alkanes of at least 4 members (excludes halogenated alkanes) is 1. The average Bonchev–Trinajstić information content (AvgIpc) is 2.83. The molecule has 1 aromatic carbocycles. The van der Waals surface area contributed by atoms with Crippen molar-refractivity contribution in [2.75, 3.05) is 19.6 Å². The van der Waals surface area contributed by atoms with Crippen LogP contribution < -0.4 is 10.6 Å². The molecule has 0 amide bonds. The van der Waals surface area contributed by atoms with Crippen LogP contribution in [0.4, 0.5) is 0 Å². The van der Waals surface area contributed by atoms with Gasteiger partial charge >= 0.3 is 0 Å². The molecule has 2 rings (SSSR count). The fourth-order valence-electron chi connectivity index (χ4n) is 2.46. The minimum absolute atomic E-state index is 0.